The molecular weight excluding hydrogens is 236 g/mol. The smallest absolute Gasteiger partial charge is 0.0549 e. The van der Waals surface area contributed by atoms with Crippen LogP contribution in [0.5, 0.6) is 0 Å². The summed E-state index contributed by atoms with van der Waals surface area (Å²) in [6.07, 6.45) is 1.49. The lowest BCUT2D eigenvalue weighted by Gasteiger charge is -2.21. The van der Waals surface area contributed by atoms with Gasteiger partial charge >= 0.3 is 0 Å². The number of anilines is 1. The van der Waals surface area contributed by atoms with Crippen molar-refractivity contribution in [2.24, 2.45) is 0 Å². The Hall–Kier alpha value is -1.06. The molecule has 1 aromatic rings. The van der Waals surface area contributed by atoms with Crippen LogP contribution in [0.1, 0.15) is 39.2 Å². The molecule has 0 saturated heterocycles. The molecule has 0 aromatic heterocycles. The highest BCUT2D eigenvalue weighted by molar-refractivity contribution is 5.47. The molecular formula is C16H28N2O. The van der Waals surface area contributed by atoms with Crippen molar-refractivity contribution in [3.63, 3.8) is 0 Å². The Kier molecular flexibility index (Phi) is 7.53. The summed E-state index contributed by atoms with van der Waals surface area (Å²) in [6, 6.07) is 8.73. The van der Waals surface area contributed by atoms with Gasteiger partial charge in [0.15, 0.2) is 0 Å². The van der Waals surface area contributed by atoms with E-state index in [-0.39, 0.29) is 6.10 Å². The van der Waals surface area contributed by atoms with Crippen molar-refractivity contribution >= 4 is 5.69 Å². The molecule has 0 saturated carbocycles. The van der Waals surface area contributed by atoms with Gasteiger partial charge in [0.1, 0.15) is 0 Å². The minimum atomic E-state index is -0.169. The fourth-order valence-electron chi connectivity index (χ4n) is 2.12. The first-order chi connectivity index (χ1) is 9.21. The Morgan fingerprint density at radius 1 is 1.11 bits per heavy atom. The van der Waals surface area contributed by atoms with Crippen LogP contribution in [0.4, 0.5) is 5.69 Å². The molecule has 0 fully saturated rings. The lowest BCUT2D eigenvalue weighted by molar-refractivity contribution is 0.159. The van der Waals surface area contributed by atoms with Crippen molar-refractivity contribution in [1.82, 2.24) is 5.32 Å². The molecule has 0 radical (unpaired) electrons. The SMILES string of the molecule is CCC(O)CCNCc1ccc(N(CC)CC)cc1. The Balaban J connectivity index is 2.36. The van der Waals surface area contributed by atoms with Gasteiger partial charge in [-0.3, -0.25) is 0 Å². The van der Waals surface area contributed by atoms with Crippen molar-refractivity contribution in [2.45, 2.75) is 46.3 Å². The molecule has 3 nitrogen and oxygen atoms in total. The number of aliphatic hydroxyl groups is 1. The average Bonchev–Trinajstić information content (AvgIpc) is 2.46. The third-order valence-corrected chi connectivity index (χ3v) is 3.52. The van der Waals surface area contributed by atoms with Crippen LogP contribution in [0, 0.1) is 0 Å². The van der Waals surface area contributed by atoms with E-state index < -0.39 is 0 Å². The zero-order valence-electron chi connectivity index (χ0n) is 12.5. The Labute approximate surface area is 117 Å². The molecule has 19 heavy (non-hydrogen) atoms. The van der Waals surface area contributed by atoms with Crippen LogP contribution in [0.2, 0.25) is 0 Å². The van der Waals surface area contributed by atoms with Crippen LogP contribution in [0.15, 0.2) is 24.3 Å². The monoisotopic (exact) mass is 264 g/mol. The highest BCUT2D eigenvalue weighted by Crippen LogP contribution is 2.14. The van der Waals surface area contributed by atoms with Crippen LogP contribution in [0.25, 0.3) is 0 Å². The molecule has 0 aliphatic carbocycles. The zero-order chi connectivity index (χ0) is 14.1. The standard InChI is InChI=1S/C16H28N2O/c1-4-16(19)11-12-17-13-14-7-9-15(10-8-14)18(5-2)6-3/h7-10,16-17,19H,4-6,11-13H2,1-3H3. The van der Waals surface area contributed by atoms with Crippen LogP contribution in [-0.4, -0.2) is 30.8 Å². The van der Waals surface area contributed by atoms with E-state index in [0.29, 0.717) is 0 Å². The number of aliphatic hydroxyl groups excluding tert-OH is 1. The number of nitrogens with one attached hydrogen (secondary N) is 1. The summed E-state index contributed by atoms with van der Waals surface area (Å²) < 4.78 is 0. The van der Waals surface area contributed by atoms with Gasteiger partial charge in [-0.2, -0.15) is 0 Å². The van der Waals surface area contributed by atoms with Gasteiger partial charge in [-0.05, 0) is 50.9 Å². The van der Waals surface area contributed by atoms with Crippen LogP contribution < -0.4 is 10.2 Å². The number of hydrogen-bond acceptors (Lipinski definition) is 3. The van der Waals surface area contributed by atoms with Gasteiger partial charge in [-0.1, -0.05) is 19.1 Å². The van der Waals surface area contributed by atoms with E-state index in [2.05, 4.69) is 48.3 Å². The van der Waals surface area contributed by atoms with E-state index in [1.165, 1.54) is 11.3 Å². The van der Waals surface area contributed by atoms with Crippen LogP contribution >= 0.6 is 0 Å². The van der Waals surface area contributed by atoms with Gasteiger partial charge in [0, 0.05) is 25.3 Å². The first kappa shape index (κ1) is 16.0. The summed E-state index contributed by atoms with van der Waals surface area (Å²) in [5, 5.41) is 12.8. The van der Waals surface area contributed by atoms with Gasteiger partial charge in [-0.15, -0.1) is 0 Å². The molecule has 0 bridgehead atoms. The van der Waals surface area contributed by atoms with E-state index in [0.717, 1.165) is 39.0 Å². The van der Waals surface area contributed by atoms with E-state index in [9.17, 15) is 5.11 Å². The number of benzene rings is 1. The van der Waals surface area contributed by atoms with E-state index >= 15 is 0 Å². The summed E-state index contributed by atoms with van der Waals surface area (Å²) in [6.45, 7) is 10.2. The second-order valence-corrected chi connectivity index (χ2v) is 4.87. The number of nitrogens with zero attached hydrogens (tertiary/aromatic N) is 1. The number of hydrogen-bond donors (Lipinski definition) is 2. The molecule has 1 atom stereocenters. The third-order valence-electron chi connectivity index (χ3n) is 3.52. The average molecular weight is 264 g/mol. The molecule has 0 aliphatic heterocycles. The maximum Gasteiger partial charge on any atom is 0.0549 e. The molecule has 1 aromatic carbocycles. The Morgan fingerprint density at radius 2 is 1.74 bits per heavy atom. The second kappa shape index (κ2) is 8.94. The molecule has 0 aliphatic rings. The molecule has 1 rings (SSSR count). The summed E-state index contributed by atoms with van der Waals surface area (Å²) >= 11 is 0. The highest BCUT2D eigenvalue weighted by Gasteiger charge is 2.02. The maximum atomic E-state index is 9.46. The summed E-state index contributed by atoms with van der Waals surface area (Å²) in [7, 11) is 0. The van der Waals surface area contributed by atoms with Gasteiger partial charge in [-0.25, -0.2) is 0 Å². The molecule has 2 N–H and O–H groups in total. The normalized spacial score (nSPS) is 12.4. The van der Waals surface area contributed by atoms with Crippen LogP contribution in [0.3, 0.4) is 0 Å². The fourth-order valence-corrected chi connectivity index (χ4v) is 2.12. The molecule has 0 spiro atoms. The fraction of sp³-hybridized carbons (Fsp3) is 0.625. The lowest BCUT2D eigenvalue weighted by atomic mass is 10.1. The first-order valence-corrected chi connectivity index (χ1v) is 7.43. The molecule has 0 heterocycles. The van der Waals surface area contributed by atoms with Crippen LogP contribution in [-0.2, 0) is 6.54 Å². The Morgan fingerprint density at radius 3 is 2.26 bits per heavy atom. The predicted octanol–water partition coefficient (Wildman–Crippen LogP) is 2.78. The van der Waals surface area contributed by atoms with Crippen molar-refractivity contribution < 1.29 is 5.11 Å². The van der Waals surface area contributed by atoms with Gasteiger partial charge in [0.2, 0.25) is 0 Å². The van der Waals surface area contributed by atoms with E-state index in [1.54, 1.807) is 0 Å². The summed E-state index contributed by atoms with van der Waals surface area (Å²) in [4.78, 5) is 2.34. The van der Waals surface area contributed by atoms with Gasteiger partial charge < -0.3 is 15.3 Å². The number of rotatable bonds is 9. The minimum Gasteiger partial charge on any atom is -0.393 e. The topological polar surface area (TPSA) is 35.5 Å². The summed E-state index contributed by atoms with van der Waals surface area (Å²) in [5.41, 5.74) is 2.58. The second-order valence-electron chi connectivity index (χ2n) is 4.87. The Bertz CT molecular complexity index is 333. The third kappa shape index (κ3) is 5.62. The van der Waals surface area contributed by atoms with E-state index in [1.807, 2.05) is 6.92 Å². The van der Waals surface area contributed by atoms with Crippen molar-refractivity contribution in [3.05, 3.63) is 29.8 Å². The zero-order valence-corrected chi connectivity index (χ0v) is 12.5. The summed E-state index contributed by atoms with van der Waals surface area (Å²) in [5.74, 6) is 0. The quantitative estimate of drug-likeness (QED) is 0.673. The lowest BCUT2D eigenvalue weighted by Crippen LogP contribution is -2.22. The van der Waals surface area contributed by atoms with Gasteiger partial charge in [0.25, 0.3) is 0 Å². The van der Waals surface area contributed by atoms with Crippen molar-refractivity contribution in [2.75, 3.05) is 24.5 Å². The van der Waals surface area contributed by atoms with E-state index in [4.69, 9.17) is 0 Å². The minimum absolute atomic E-state index is 0.169. The predicted molar refractivity (Wildman–Crippen MR) is 82.6 cm³/mol. The van der Waals surface area contributed by atoms with Crippen molar-refractivity contribution in [1.29, 1.82) is 0 Å². The van der Waals surface area contributed by atoms with Crippen molar-refractivity contribution in [3.8, 4) is 0 Å². The first-order valence-electron chi connectivity index (χ1n) is 7.43. The molecule has 108 valence electrons. The van der Waals surface area contributed by atoms with Gasteiger partial charge in [0.05, 0.1) is 6.10 Å². The molecule has 0 amide bonds. The molecule has 1 unspecified atom stereocenters. The molecule has 3 heteroatoms. The largest absolute Gasteiger partial charge is 0.393 e. The highest BCUT2D eigenvalue weighted by atomic mass is 16.3. The maximum absolute atomic E-state index is 9.46.